The number of fused-ring (bicyclic) bond motifs is 5. The fourth-order valence-corrected chi connectivity index (χ4v) is 15.0. The van der Waals surface area contributed by atoms with Crippen LogP contribution < -0.4 is 25.6 Å². The van der Waals surface area contributed by atoms with Gasteiger partial charge in [0.25, 0.3) is 0 Å². The number of hydrogen-bond donors (Lipinski definition) is 0. The molecule has 1 aromatic heterocycles. The van der Waals surface area contributed by atoms with E-state index < -0.39 is 8.07 Å². The molecule has 67 heavy (non-hydrogen) atoms. The normalized spacial score (nSPS) is 11.6. The summed E-state index contributed by atoms with van der Waals surface area (Å²) in [4.78, 5) is 2.43. The second-order valence-corrected chi connectivity index (χ2v) is 21.0. The van der Waals surface area contributed by atoms with Crippen LogP contribution in [0.4, 0.5) is 17.1 Å². The molecule has 0 aliphatic carbocycles. The highest BCUT2D eigenvalue weighted by Crippen LogP contribution is 2.43. The van der Waals surface area contributed by atoms with Crippen molar-refractivity contribution < 1.29 is 4.42 Å². The molecule has 0 unspecified atom stereocenters. The third kappa shape index (κ3) is 7.14. The van der Waals surface area contributed by atoms with E-state index >= 15 is 0 Å². The predicted molar refractivity (Wildman–Crippen MR) is 286 cm³/mol. The highest BCUT2D eigenvalue weighted by Gasteiger charge is 2.41. The monoisotopic (exact) mass is 871 g/mol. The van der Waals surface area contributed by atoms with Gasteiger partial charge in [0.05, 0.1) is 5.69 Å². The van der Waals surface area contributed by atoms with E-state index in [0.717, 1.165) is 61.3 Å². The minimum atomic E-state index is -2.74. The Hall–Kier alpha value is -8.50. The topological polar surface area (TPSA) is 16.4 Å². The summed E-state index contributed by atoms with van der Waals surface area (Å²) in [5.41, 5.74) is 12.1. The second kappa shape index (κ2) is 17.1. The summed E-state index contributed by atoms with van der Waals surface area (Å²) in [5.74, 6) is 0. The number of para-hydroxylation sites is 1. The van der Waals surface area contributed by atoms with E-state index in [0.29, 0.717) is 0 Å². The lowest BCUT2D eigenvalue weighted by molar-refractivity contribution is 0.669. The van der Waals surface area contributed by atoms with Crippen molar-refractivity contribution in [2.24, 2.45) is 0 Å². The van der Waals surface area contributed by atoms with Crippen molar-refractivity contribution in [1.29, 1.82) is 0 Å². The lowest BCUT2D eigenvalue weighted by atomic mass is 9.96. The highest BCUT2D eigenvalue weighted by atomic mass is 28.3. The Balaban J connectivity index is 1.03. The first-order valence-corrected chi connectivity index (χ1v) is 25.0. The van der Waals surface area contributed by atoms with Crippen LogP contribution in [0.2, 0.25) is 0 Å². The zero-order valence-corrected chi connectivity index (χ0v) is 37.8. The number of hydrogen-bond acceptors (Lipinski definition) is 2. The molecule has 12 aromatic rings. The van der Waals surface area contributed by atoms with Crippen molar-refractivity contribution >= 4 is 78.6 Å². The number of furan rings is 1. The van der Waals surface area contributed by atoms with E-state index in [2.05, 4.69) is 272 Å². The number of nitrogens with zero attached hydrogens (tertiary/aromatic N) is 1. The highest BCUT2D eigenvalue weighted by molar-refractivity contribution is 7.19. The van der Waals surface area contributed by atoms with E-state index in [-0.39, 0.29) is 0 Å². The molecule has 2 nitrogen and oxygen atoms in total. The molecule has 0 saturated carbocycles. The standard InChI is InChI=1S/C64H45NOSi/c1-6-18-46(19-7-1)51-34-42-61(59(44-51)48-20-8-2-9-21-48)65(52-36-32-47(33-37-52)50-31-30-49-35-43-63-64(60(49)45-50)58-28-16-17-29-62(58)66-63)53-38-40-57(41-39-53)67(54-22-10-3-11-23-54,55-24-12-4-13-25-55)56-26-14-5-15-27-56/h1-45H. The molecule has 11 aromatic carbocycles. The summed E-state index contributed by atoms with van der Waals surface area (Å²) in [6.45, 7) is 0. The average molecular weight is 872 g/mol. The predicted octanol–water partition coefficient (Wildman–Crippen LogP) is 14.6. The molecule has 0 bridgehead atoms. The Morgan fingerprint density at radius 2 is 0.746 bits per heavy atom. The summed E-state index contributed by atoms with van der Waals surface area (Å²) in [6, 6.07) is 99.7. The van der Waals surface area contributed by atoms with Crippen LogP contribution in [0.5, 0.6) is 0 Å². The lowest BCUT2D eigenvalue weighted by Crippen LogP contribution is -2.74. The van der Waals surface area contributed by atoms with Crippen LogP contribution in [-0.2, 0) is 0 Å². The van der Waals surface area contributed by atoms with E-state index in [1.807, 2.05) is 6.07 Å². The summed E-state index contributed by atoms with van der Waals surface area (Å²) >= 11 is 0. The molecule has 316 valence electrons. The van der Waals surface area contributed by atoms with Gasteiger partial charge in [-0.1, -0.05) is 218 Å². The first-order valence-electron chi connectivity index (χ1n) is 23.0. The Morgan fingerprint density at radius 1 is 0.299 bits per heavy atom. The van der Waals surface area contributed by atoms with Crippen LogP contribution in [0.15, 0.2) is 277 Å². The largest absolute Gasteiger partial charge is 0.456 e. The summed E-state index contributed by atoms with van der Waals surface area (Å²) in [5, 5.41) is 10.1. The van der Waals surface area contributed by atoms with Crippen molar-refractivity contribution in [2.75, 3.05) is 4.90 Å². The molecule has 0 fully saturated rings. The van der Waals surface area contributed by atoms with Gasteiger partial charge in [0.15, 0.2) is 8.07 Å². The van der Waals surface area contributed by atoms with Crippen LogP contribution in [0.25, 0.3) is 66.1 Å². The summed E-state index contributed by atoms with van der Waals surface area (Å²) in [6.07, 6.45) is 0. The van der Waals surface area contributed by atoms with Gasteiger partial charge in [-0.15, -0.1) is 0 Å². The molecule has 0 amide bonds. The average Bonchev–Trinajstić information content (AvgIpc) is 3.80. The molecule has 0 atom stereocenters. The molecule has 0 saturated heterocycles. The Bertz CT molecular complexity index is 3550. The SMILES string of the molecule is c1ccc(-c2ccc(N(c3ccc(-c4ccc5ccc6oc7ccccc7c6c5c4)cc3)c3ccc([Si](c4ccccc4)(c4ccccc4)c4ccccc4)cc3)c(-c3ccccc3)c2)cc1. The number of benzene rings is 11. The van der Waals surface area contributed by atoms with Gasteiger partial charge < -0.3 is 9.32 Å². The zero-order valence-electron chi connectivity index (χ0n) is 36.8. The molecule has 1 heterocycles. The quantitative estimate of drug-likeness (QED) is 0.101. The van der Waals surface area contributed by atoms with Crippen LogP contribution in [-0.4, -0.2) is 8.07 Å². The van der Waals surface area contributed by atoms with E-state index in [1.54, 1.807) is 0 Å². The van der Waals surface area contributed by atoms with Gasteiger partial charge in [-0.05, 0) is 114 Å². The molecule has 0 aliphatic rings. The van der Waals surface area contributed by atoms with Crippen molar-refractivity contribution in [2.45, 2.75) is 0 Å². The summed E-state index contributed by atoms with van der Waals surface area (Å²) < 4.78 is 6.30. The molecule has 0 radical (unpaired) electrons. The van der Waals surface area contributed by atoms with Crippen LogP contribution >= 0.6 is 0 Å². The Morgan fingerprint density at radius 3 is 1.36 bits per heavy atom. The maximum absolute atomic E-state index is 6.30. The molecule has 3 heteroatoms. The van der Waals surface area contributed by atoms with Crippen LogP contribution in [0.1, 0.15) is 0 Å². The van der Waals surface area contributed by atoms with Crippen LogP contribution in [0.3, 0.4) is 0 Å². The summed E-state index contributed by atoms with van der Waals surface area (Å²) in [7, 11) is -2.74. The van der Waals surface area contributed by atoms with Gasteiger partial charge in [-0.25, -0.2) is 0 Å². The Kier molecular flexibility index (Phi) is 10.2. The fourth-order valence-electron chi connectivity index (χ4n) is 10.3. The molecule has 12 rings (SSSR count). The second-order valence-electron chi connectivity index (χ2n) is 17.2. The van der Waals surface area contributed by atoms with Gasteiger partial charge in [0.2, 0.25) is 0 Å². The molecular formula is C64H45NOSi. The van der Waals surface area contributed by atoms with Crippen molar-refractivity contribution in [1.82, 2.24) is 0 Å². The van der Waals surface area contributed by atoms with Crippen molar-refractivity contribution in [3.8, 4) is 33.4 Å². The third-order valence-corrected chi connectivity index (χ3v) is 18.2. The first-order chi connectivity index (χ1) is 33.2. The van der Waals surface area contributed by atoms with Gasteiger partial charge in [0, 0.05) is 27.7 Å². The third-order valence-electron chi connectivity index (χ3n) is 13.4. The van der Waals surface area contributed by atoms with Crippen molar-refractivity contribution in [3.05, 3.63) is 273 Å². The zero-order chi connectivity index (χ0) is 44.6. The number of anilines is 3. The molecule has 0 spiro atoms. The maximum atomic E-state index is 6.30. The van der Waals surface area contributed by atoms with Gasteiger partial charge >= 0.3 is 0 Å². The minimum absolute atomic E-state index is 0.909. The van der Waals surface area contributed by atoms with E-state index in [4.69, 9.17) is 4.42 Å². The van der Waals surface area contributed by atoms with E-state index in [1.165, 1.54) is 42.6 Å². The van der Waals surface area contributed by atoms with Crippen LogP contribution in [0, 0.1) is 0 Å². The van der Waals surface area contributed by atoms with E-state index in [9.17, 15) is 0 Å². The maximum Gasteiger partial charge on any atom is 0.179 e. The molecule has 0 aliphatic heterocycles. The fraction of sp³-hybridized carbons (Fsp3) is 0. The minimum Gasteiger partial charge on any atom is -0.456 e. The smallest absolute Gasteiger partial charge is 0.179 e. The first kappa shape index (κ1) is 40.0. The van der Waals surface area contributed by atoms with Gasteiger partial charge in [0.1, 0.15) is 11.2 Å². The van der Waals surface area contributed by atoms with Gasteiger partial charge in [-0.2, -0.15) is 0 Å². The molecule has 0 N–H and O–H groups in total. The Labute approximate surface area is 392 Å². The van der Waals surface area contributed by atoms with Gasteiger partial charge in [-0.3, -0.25) is 0 Å². The van der Waals surface area contributed by atoms with Crippen molar-refractivity contribution in [3.63, 3.8) is 0 Å². The lowest BCUT2D eigenvalue weighted by Gasteiger charge is -2.35. The number of rotatable bonds is 10. The molecular weight excluding hydrogens is 827 g/mol.